The second-order valence-electron chi connectivity index (χ2n) is 8.48. The second kappa shape index (κ2) is 10.3. The summed E-state index contributed by atoms with van der Waals surface area (Å²) >= 11 is 5.68. The number of hydrogen-bond donors (Lipinski definition) is 1. The SMILES string of the molecule is Cc1c(Cl)c(C(F)(F)F)nn1CCCNC(=O)c1cc2nc(-c3ccc(F)cc3)cc(C(F)(F)C(F)(F)F)n2n1. The first kappa shape index (κ1) is 29.2. The van der Waals surface area contributed by atoms with Crippen LogP contribution in [0.1, 0.15) is 34.0 Å². The van der Waals surface area contributed by atoms with E-state index < -0.39 is 57.8 Å². The van der Waals surface area contributed by atoms with Crippen LogP contribution in [0.4, 0.5) is 39.5 Å². The lowest BCUT2D eigenvalue weighted by molar-refractivity contribution is -0.291. The first-order chi connectivity index (χ1) is 18.5. The zero-order valence-corrected chi connectivity index (χ0v) is 20.8. The number of fused-ring (bicyclic) bond motifs is 1. The number of nitrogens with zero attached hydrogens (tertiary/aromatic N) is 5. The third kappa shape index (κ3) is 5.57. The van der Waals surface area contributed by atoms with E-state index in [-0.39, 0.29) is 41.0 Å². The summed E-state index contributed by atoms with van der Waals surface area (Å²) in [7, 11) is 0. The molecule has 4 aromatic rings. The van der Waals surface area contributed by atoms with Gasteiger partial charge in [0.2, 0.25) is 0 Å². The van der Waals surface area contributed by atoms with Gasteiger partial charge in [-0.15, -0.1) is 0 Å². The number of amides is 1. The van der Waals surface area contributed by atoms with E-state index in [1.807, 2.05) is 0 Å². The third-order valence-electron chi connectivity index (χ3n) is 5.71. The largest absolute Gasteiger partial charge is 0.459 e. The zero-order valence-electron chi connectivity index (χ0n) is 20.0. The average molecular weight is 599 g/mol. The molecule has 0 aliphatic rings. The van der Waals surface area contributed by atoms with Gasteiger partial charge in [0.05, 0.1) is 16.4 Å². The molecule has 0 spiro atoms. The molecule has 0 bridgehead atoms. The Hall–Kier alpha value is -3.82. The van der Waals surface area contributed by atoms with Crippen molar-refractivity contribution in [3.63, 3.8) is 0 Å². The molecule has 3 heterocycles. The summed E-state index contributed by atoms with van der Waals surface area (Å²) in [4.78, 5) is 16.6. The van der Waals surface area contributed by atoms with E-state index in [4.69, 9.17) is 11.6 Å². The van der Waals surface area contributed by atoms with Gasteiger partial charge in [-0.05, 0) is 43.7 Å². The Labute approximate surface area is 223 Å². The average Bonchev–Trinajstić information content (AvgIpc) is 3.42. The van der Waals surface area contributed by atoms with Gasteiger partial charge in [-0.1, -0.05) is 11.6 Å². The number of halogens is 10. The molecule has 1 amide bonds. The molecule has 40 heavy (non-hydrogen) atoms. The minimum atomic E-state index is -6.02. The maximum atomic E-state index is 14.4. The summed E-state index contributed by atoms with van der Waals surface area (Å²) in [6, 6.07) is 5.49. The monoisotopic (exact) mass is 598 g/mol. The maximum absolute atomic E-state index is 14.4. The highest BCUT2D eigenvalue weighted by molar-refractivity contribution is 6.31. The fraction of sp³-hybridized carbons (Fsp3) is 0.304. The van der Waals surface area contributed by atoms with Crippen LogP contribution in [0.15, 0.2) is 36.4 Å². The fourth-order valence-corrected chi connectivity index (χ4v) is 3.91. The maximum Gasteiger partial charge on any atom is 0.459 e. The number of aromatic nitrogens is 5. The van der Waals surface area contributed by atoms with Crippen molar-refractivity contribution < 1.29 is 44.3 Å². The van der Waals surface area contributed by atoms with Crippen LogP contribution in [-0.2, 0) is 18.6 Å². The predicted molar refractivity (Wildman–Crippen MR) is 122 cm³/mol. The van der Waals surface area contributed by atoms with Crippen LogP contribution in [-0.4, -0.2) is 43.0 Å². The van der Waals surface area contributed by atoms with Crippen molar-refractivity contribution in [3.8, 4) is 11.3 Å². The fourth-order valence-electron chi connectivity index (χ4n) is 3.67. The van der Waals surface area contributed by atoms with Gasteiger partial charge < -0.3 is 5.32 Å². The number of carbonyl (C=O) groups is 1. The van der Waals surface area contributed by atoms with Gasteiger partial charge in [0.1, 0.15) is 11.5 Å². The van der Waals surface area contributed by atoms with E-state index in [0.717, 1.165) is 35.0 Å². The molecule has 0 atom stereocenters. The molecule has 0 aliphatic heterocycles. The number of carbonyl (C=O) groups excluding carboxylic acids is 1. The van der Waals surface area contributed by atoms with Gasteiger partial charge in [-0.2, -0.15) is 45.3 Å². The van der Waals surface area contributed by atoms with Crippen LogP contribution in [0.2, 0.25) is 5.02 Å². The van der Waals surface area contributed by atoms with E-state index in [2.05, 4.69) is 20.5 Å². The Kier molecular flexibility index (Phi) is 7.51. The summed E-state index contributed by atoms with van der Waals surface area (Å²) < 4.78 is 122. The number of alkyl halides is 8. The van der Waals surface area contributed by atoms with Gasteiger partial charge >= 0.3 is 18.3 Å². The van der Waals surface area contributed by atoms with E-state index in [1.54, 1.807) is 0 Å². The van der Waals surface area contributed by atoms with Crippen LogP contribution >= 0.6 is 11.6 Å². The second-order valence-corrected chi connectivity index (χ2v) is 8.86. The van der Waals surface area contributed by atoms with Crippen molar-refractivity contribution in [2.45, 2.75) is 38.2 Å². The molecule has 1 N–H and O–H groups in total. The number of aryl methyl sites for hydroxylation is 1. The van der Waals surface area contributed by atoms with Crippen molar-refractivity contribution in [2.24, 2.45) is 0 Å². The summed E-state index contributed by atoms with van der Waals surface area (Å²) in [5, 5.41) is 8.77. The molecule has 17 heteroatoms. The molecule has 214 valence electrons. The molecule has 0 aliphatic carbocycles. The highest BCUT2D eigenvalue weighted by Gasteiger charge is 2.60. The van der Waals surface area contributed by atoms with Crippen molar-refractivity contribution in [2.75, 3.05) is 6.54 Å². The lowest BCUT2D eigenvalue weighted by Crippen LogP contribution is -2.36. The smallest absolute Gasteiger partial charge is 0.351 e. The van der Waals surface area contributed by atoms with E-state index >= 15 is 0 Å². The molecular formula is C23H16ClF9N6O. The van der Waals surface area contributed by atoms with Crippen molar-refractivity contribution >= 4 is 23.2 Å². The Morgan fingerprint density at radius 1 is 1.00 bits per heavy atom. The Morgan fingerprint density at radius 2 is 1.65 bits per heavy atom. The van der Waals surface area contributed by atoms with Crippen LogP contribution in [0.3, 0.4) is 0 Å². The quantitative estimate of drug-likeness (QED) is 0.203. The van der Waals surface area contributed by atoms with Crippen LogP contribution < -0.4 is 5.32 Å². The van der Waals surface area contributed by atoms with Crippen LogP contribution in [0, 0.1) is 12.7 Å². The van der Waals surface area contributed by atoms with Gasteiger partial charge in [0, 0.05) is 24.7 Å². The molecular weight excluding hydrogens is 583 g/mol. The first-order valence-corrected chi connectivity index (χ1v) is 11.6. The zero-order chi connectivity index (χ0) is 29.6. The van der Waals surface area contributed by atoms with Crippen molar-refractivity contribution in [1.82, 2.24) is 29.7 Å². The number of rotatable bonds is 7. The van der Waals surface area contributed by atoms with E-state index in [1.165, 1.54) is 6.92 Å². The van der Waals surface area contributed by atoms with Crippen molar-refractivity contribution in [1.29, 1.82) is 0 Å². The molecule has 0 fully saturated rings. The minimum Gasteiger partial charge on any atom is -0.351 e. The summed E-state index contributed by atoms with van der Waals surface area (Å²) in [6.45, 7) is 1.09. The van der Waals surface area contributed by atoms with Gasteiger partial charge in [0.25, 0.3) is 5.91 Å². The summed E-state index contributed by atoms with van der Waals surface area (Å²) in [5.74, 6) is -7.05. The van der Waals surface area contributed by atoms with Crippen LogP contribution in [0.25, 0.3) is 16.9 Å². The lowest BCUT2D eigenvalue weighted by Gasteiger charge is -2.21. The van der Waals surface area contributed by atoms with Gasteiger partial charge in [0.15, 0.2) is 17.0 Å². The standard InChI is InChI=1S/C23H16ClF9N6O/c1-11-18(24)19(22(28,29)30)37-38(11)8-2-7-34-20(40)15-10-17-35-14(12-3-5-13(25)6-4-12)9-16(39(17)36-15)21(26,27)23(31,32)33/h3-6,9-10H,2,7-8H2,1H3,(H,34,40). The van der Waals surface area contributed by atoms with E-state index in [9.17, 15) is 44.3 Å². The Balaban J connectivity index is 1.58. The molecule has 0 saturated carbocycles. The molecule has 7 nitrogen and oxygen atoms in total. The first-order valence-electron chi connectivity index (χ1n) is 11.2. The lowest BCUT2D eigenvalue weighted by atomic mass is 10.1. The molecule has 0 unspecified atom stereocenters. The summed E-state index contributed by atoms with van der Waals surface area (Å²) in [5.41, 5.74) is -4.26. The molecule has 4 rings (SSSR count). The van der Waals surface area contributed by atoms with Gasteiger partial charge in [-0.25, -0.2) is 13.9 Å². The molecule has 0 saturated heterocycles. The number of nitrogens with one attached hydrogen (secondary N) is 1. The van der Waals surface area contributed by atoms with Gasteiger partial charge in [-0.3, -0.25) is 9.48 Å². The highest BCUT2D eigenvalue weighted by atomic mass is 35.5. The predicted octanol–water partition coefficient (Wildman–Crippen LogP) is 6.19. The Bertz CT molecular complexity index is 1560. The number of benzene rings is 1. The minimum absolute atomic E-state index is 0.0259. The van der Waals surface area contributed by atoms with Crippen LogP contribution in [0.5, 0.6) is 0 Å². The highest BCUT2D eigenvalue weighted by Crippen LogP contribution is 2.44. The van der Waals surface area contributed by atoms with E-state index in [0.29, 0.717) is 6.07 Å². The molecule has 1 aromatic carbocycles. The normalized spacial score (nSPS) is 12.8. The molecule has 3 aromatic heterocycles. The third-order valence-corrected chi connectivity index (χ3v) is 6.16. The topological polar surface area (TPSA) is 77.1 Å². The Morgan fingerprint density at radius 3 is 2.23 bits per heavy atom. The summed E-state index contributed by atoms with van der Waals surface area (Å²) in [6.07, 6.45) is -10.7. The molecule has 0 radical (unpaired) electrons. The number of hydrogen-bond acceptors (Lipinski definition) is 4. The van der Waals surface area contributed by atoms with Crippen molar-refractivity contribution in [3.05, 3.63) is 70.0 Å².